The van der Waals surface area contributed by atoms with E-state index in [1.54, 1.807) is 0 Å². The van der Waals surface area contributed by atoms with Gasteiger partial charge in [-0.2, -0.15) is 18.3 Å². The lowest BCUT2D eigenvalue weighted by molar-refractivity contribution is -0.137. The Hall–Kier alpha value is -3.10. The fraction of sp³-hybridized carbons (Fsp3) is 0.481. The predicted octanol–water partition coefficient (Wildman–Crippen LogP) is 5.55. The van der Waals surface area contributed by atoms with Crippen LogP contribution in [0.4, 0.5) is 18.9 Å². The molecule has 0 amide bonds. The fourth-order valence-corrected chi connectivity index (χ4v) is 7.24. The van der Waals surface area contributed by atoms with Crippen molar-refractivity contribution in [3.63, 3.8) is 0 Å². The van der Waals surface area contributed by atoms with Crippen LogP contribution in [0.15, 0.2) is 34.9 Å². The van der Waals surface area contributed by atoms with Crippen molar-refractivity contribution in [1.82, 2.24) is 24.7 Å². The van der Waals surface area contributed by atoms with Gasteiger partial charge in [-0.25, -0.2) is 23.4 Å². The lowest BCUT2D eigenvalue weighted by Gasteiger charge is -2.35. The number of sulfone groups is 1. The topological polar surface area (TPSA) is 103 Å². The number of ether oxygens (including phenoxy) is 1. The molecule has 1 aromatic carbocycles. The maximum absolute atomic E-state index is 13.7. The molecule has 7 rings (SSSR count). The second kappa shape index (κ2) is 9.73. The average Bonchev–Trinajstić information content (AvgIpc) is 3.45. The lowest BCUT2D eigenvalue weighted by atomic mass is 9.92. The van der Waals surface area contributed by atoms with Crippen molar-refractivity contribution >= 4 is 37.2 Å². The summed E-state index contributed by atoms with van der Waals surface area (Å²) in [4.78, 5) is 15.9. The molecular weight excluding hydrogens is 577 g/mol. The second-order valence-corrected chi connectivity index (χ2v) is 14.2. The van der Waals surface area contributed by atoms with Crippen LogP contribution in [0.3, 0.4) is 0 Å². The summed E-state index contributed by atoms with van der Waals surface area (Å²) >= 11 is 0.945. The van der Waals surface area contributed by atoms with E-state index in [1.807, 2.05) is 22.0 Å². The SMILES string of the molecule is CS(=O)(=O)c1nc2nc([C@@H]3CCO[C@@H](c4cnn(C5CC5)c4)C3)nc(-c3ccc(C(F)(F)F)cc3N3CCC3)c2s1. The van der Waals surface area contributed by atoms with Crippen LogP contribution in [0.5, 0.6) is 0 Å². The van der Waals surface area contributed by atoms with Crippen LogP contribution in [0.25, 0.3) is 21.6 Å². The molecule has 3 aliphatic rings. The van der Waals surface area contributed by atoms with Gasteiger partial charge in [0.15, 0.2) is 5.65 Å². The Morgan fingerprint density at radius 3 is 2.59 bits per heavy atom. The van der Waals surface area contributed by atoms with Gasteiger partial charge in [0.1, 0.15) is 10.5 Å². The highest BCUT2D eigenvalue weighted by molar-refractivity contribution is 7.92. The van der Waals surface area contributed by atoms with Gasteiger partial charge in [0.2, 0.25) is 14.2 Å². The summed E-state index contributed by atoms with van der Waals surface area (Å²) in [6, 6.07) is 4.09. The Kier molecular flexibility index (Phi) is 6.36. The van der Waals surface area contributed by atoms with Gasteiger partial charge in [-0.3, -0.25) is 4.68 Å². The Morgan fingerprint density at radius 2 is 1.90 bits per heavy atom. The first-order valence-electron chi connectivity index (χ1n) is 13.6. The molecule has 1 aliphatic carbocycles. The zero-order valence-electron chi connectivity index (χ0n) is 22.1. The number of alkyl halides is 3. The second-order valence-electron chi connectivity index (χ2n) is 11.0. The van der Waals surface area contributed by atoms with Crippen LogP contribution in [0.1, 0.15) is 67.1 Å². The van der Waals surface area contributed by atoms with Crippen molar-refractivity contribution in [3.8, 4) is 11.3 Å². The minimum absolute atomic E-state index is 0.102. The normalized spacial score (nSPS) is 21.8. The molecule has 0 spiro atoms. The minimum atomic E-state index is -4.50. The Morgan fingerprint density at radius 1 is 1.10 bits per heavy atom. The van der Waals surface area contributed by atoms with Crippen LogP contribution in [0.2, 0.25) is 0 Å². The first kappa shape index (κ1) is 26.8. The van der Waals surface area contributed by atoms with E-state index in [0.717, 1.165) is 54.6 Å². The number of halogens is 3. The van der Waals surface area contributed by atoms with E-state index < -0.39 is 21.6 Å². The highest BCUT2D eigenvalue weighted by Crippen LogP contribution is 2.44. The number of aromatic nitrogens is 5. The summed E-state index contributed by atoms with van der Waals surface area (Å²) in [6.45, 7) is 1.73. The first-order chi connectivity index (χ1) is 19.5. The largest absolute Gasteiger partial charge is 0.416 e. The van der Waals surface area contributed by atoms with E-state index >= 15 is 0 Å². The molecule has 4 aromatic rings. The van der Waals surface area contributed by atoms with E-state index in [-0.39, 0.29) is 22.0 Å². The van der Waals surface area contributed by atoms with Crippen molar-refractivity contribution in [2.75, 3.05) is 30.9 Å². The number of nitrogens with zero attached hydrogens (tertiary/aromatic N) is 6. The Labute approximate surface area is 238 Å². The van der Waals surface area contributed by atoms with Crippen LogP contribution in [-0.2, 0) is 20.8 Å². The molecular formula is C27H27F3N6O3S2. The quantitative estimate of drug-likeness (QED) is 0.282. The third kappa shape index (κ3) is 5.10. The average molecular weight is 605 g/mol. The third-order valence-electron chi connectivity index (χ3n) is 7.91. The Bertz CT molecular complexity index is 1740. The van der Waals surface area contributed by atoms with E-state index in [9.17, 15) is 21.6 Å². The van der Waals surface area contributed by atoms with E-state index in [1.165, 1.54) is 6.07 Å². The Balaban J connectivity index is 1.33. The molecule has 9 nitrogen and oxygen atoms in total. The molecule has 41 heavy (non-hydrogen) atoms. The molecule has 216 valence electrons. The van der Waals surface area contributed by atoms with E-state index in [0.29, 0.717) is 66.0 Å². The van der Waals surface area contributed by atoms with Crippen LogP contribution >= 0.6 is 11.3 Å². The summed E-state index contributed by atoms with van der Waals surface area (Å²) in [5, 5.41) is 4.49. The van der Waals surface area contributed by atoms with Crippen molar-refractivity contribution < 1.29 is 26.3 Å². The highest BCUT2D eigenvalue weighted by atomic mass is 32.2. The molecule has 3 aromatic heterocycles. The minimum Gasteiger partial charge on any atom is -0.373 e. The first-order valence-corrected chi connectivity index (χ1v) is 16.3. The number of rotatable bonds is 6. The molecule has 3 fully saturated rings. The van der Waals surface area contributed by atoms with Gasteiger partial charge in [-0.1, -0.05) is 17.4 Å². The van der Waals surface area contributed by atoms with Crippen molar-refractivity contribution in [2.24, 2.45) is 0 Å². The van der Waals surface area contributed by atoms with E-state index in [2.05, 4.69) is 10.1 Å². The maximum atomic E-state index is 13.7. The standard InChI is InChI=1S/C27H27F3N6O3S2/c1-41(37,38)26-34-25-23(40-26)22(19-6-3-17(27(28,29)30)12-20(19)35-8-2-9-35)32-24(33-25)15-7-10-39-21(11-15)16-13-31-36(14-16)18-4-5-18/h3,6,12-15,18,21H,2,4-5,7-11H2,1H3/t15-,21-/m1/s1. The van der Waals surface area contributed by atoms with Gasteiger partial charge in [0.25, 0.3) is 0 Å². The van der Waals surface area contributed by atoms with Gasteiger partial charge in [-0.15, -0.1) is 0 Å². The molecule has 0 bridgehead atoms. The number of anilines is 1. The molecule has 0 N–H and O–H groups in total. The molecule has 1 saturated carbocycles. The molecule has 2 aliphatic heterocycles. The molecule has 0 radical (unpaired) electrons. The summed E-state index contributed by atoms with van der Waals surface area (Å²) < 4.78 is 74.2. The van der Waals surface area contributed by atoms with Gasteiger partial charge in [0, 0.05) is 54.9 Å². The van der Waals surface area contributed by atoms with Crippen molar-refractivity contribution in [1.29, 1.82) is 0 Å². The molecule has 0 unspecified atom stereocenters. The van der Waals surface area contributed by atoms with Gasteiger partial charge in [0.05, 0.1) is 29.6 Å². The maximum Gasteiger partial charge on any atom is 0.416 e. The number of fused-ring (bicyclic) bond motifs is 1. The number of hydrogen-bond acceptors (Lipinski definition) is 9. The third-order valence-corrected chi connectivity index (χ3v) is 10.6. The summed E-state index contributed by atoms with van der Waals surface area (Å²) in [7, 11) is -3.64. The summed E-state index contributed by atoms with van der Waals surface area (Å²) in [6.07, 6.45) is 4.60. The van der Waals surface area contributed by atoms with Crippen LogP contribution < -0.4 is 4.90 Å². The lowest BCUT2D eigenvalue weighted by Crippen LogP contribution is -2.37. The fourth-order valence-electron chi connectivity index (χ4n) is 5.39. The molecule has 14 heteroatoms. The zero-order chi connectivity index (χ0) is 28.5. The zero-order valence-corrected chi connectivity index (χ0v) is 23.8. The van der Waals surface area contributed by atoms with Crippen molar-refractivity contribution in [2.45, 2.75) is 60.7 Å². The highest BCUT2D eigenvalue weighted by Gasteiger charge is 2.35. The van der Waals surface area contributed by atoms with Gasteiger partial charge < -0.3 is 9.64 Å². The van der Waals surface area contributed by atoms with E-state index in [4.69, 9.17) is 14.7 Å². The van der Waals surface area contributed by atoms with Gasteiger partial charge in [-0.05, 0) is 44.2 Å². The number of thiazole rings is 1. The number of hydrogen-bond donors (Lipinski definition) is 0. The predicted molar refractivity (Wildman–Crippen MR) is 147 cm³/mol. The molecule has 2 saturated heterocycles. The van der Waals surface area contributed by atoms with Crippen LogP contribution in [-0.4, -0.2) is 59.1 Å². The summed E-state index contributed by atoms with van der Waals surface area (Å²) in [5.74, 6) is 0.363. The monoisotopic (exact) mass is 604 g/mol. The molecule has 2 atom stereocenters. The molecule has 5 heterocycles. The summed E-state index contributed by atoms with van der Waals surface area (Å²) in [5.41, 5.74) is 1.80. The van der Waals surface area contributed by atoms with Crippen molar-refractivity contribution in [3.05, 3.63) is 47.5 Å². The van der Waals surface area contributed by atoms with Gasteiger partial charge >= 0.3 is 6.18 Å². The smallest absolute Gasteiger partial charge is 0.373 e. The number of benzene rings is 1. The van der Waals surface area contributed by atoms with Crippen LogP contribution in [0, 0.1) is 0 Å².